The van der Waals surface area contributed by atoms with Gasteiger partial charge in [-0.05, 0) is 43.2 Å². The Morgan fingerprint density at radius 2 is 1.83 bits per heavy atom. The number of pyridine rings is 3. The third-order valence-electron chi connectivity index (χ3n) is 8.17. The van der Waals surface area contributed by atoms with Gasteiger partial charge in [0.1, 0.15) is 17.5 Å². The van der Waals surface area contributed by atoms with Gasteiger partial charge in [-0.25, -0.2) is 9.50 Å². The van der Waals surface area contributed by atoms with Crippen molar-refractivity contribution in [2.45, 2.75) is 18.3 Å². The quantitative estimate of drug-likeness (QED) is 0.357. The molecule has 0 aromatic carbocycles. The van der Waals surface area contributed by atoms with Crippen molar-refractivity contribution in [2.75, 3.05) is 36.8 Å². The topological polar surface area (TPSA) is 134 Å². The van der Waals surface area contributed by atoms with Gasteiger partial charge in [-0.3, -0.25) is 14.5 Å². The third kappa shape index (κ3) is 4.15. The van der Waals surface area contributed by atoms with Crippen LogP contribution in [-0.2, 0) is 17.3 Å². The largest absolute Gasteiger partial charge is 0.381 e. The lowest BCUT2D eigenvalue weighted by Crippen LogP contribution is -2.51. The summed E-state index contributed by atoms with van der Waals surface area (Å²) in [5.41, 5.74) is 11.0. The first kappa shape index (κ1) is 24.8. The summed E-state index contributed by atoms with van der Waals surface area (Å²) in [5.74, 6) is 1.22. The molecule has 1 aliphatic carbocycles. The minimum Gasteiger partial charge on any atom is -0.381 e. The van der Waals surface area contributed by atoms with E-state index in [1.165, 1.54) is 0 Å². The molecule has 11 nitrogen and oxygen atoms in total. The first-order valence-electron chi connectivity index (χ1n) is 13.6. The molecule has 2 N–H and O–H groups in total. The molecule has 2 aliphatic rings. The fraction of sp³-hybridized carbons (Fsp3) is 0.267. The molecule has 0 radical (unpaired) electrons. The molecule has 0 spiro atoms. The smallest absolute Gasteiger partial charge is 0.234 e. The maximum Gasteiger partial charge on any atom is 0.234 e. The highest BCUT2D eigenvalue weighted by molar-refractivity contribution is 5.91. The van der Waals surface area contributed by atoms with Gasteiger partial charge in [-0.15, -0.1) is 5.10 Å². The zero-order chi connectivity index (χ0) is 28.1. The number of carbonyl (C=O) groups is 1. The molecular weight excluding hydrogens is 516 g/mol. The lowest BCUT2D eigenvalue weighted by Gasteiger charge is -2.37. The summed E-state index contributed by atoms with van der Waals surface area (Å²) >= 11 is 0. The fourth-order valence-electron chi connectivity index (χ4n) is 5.78. The minimum atomic E-state index is -0.446. The van der Waals surface area contributed by atoms with Crippen LogP contribution in [0, 0.1) is 11.3 Å². The maximum atomic E-state index is 13.4. The number of amides is 1. The second-order valence-corrected chi connectivity index (χ2v) is 10.7. The molecule has 0 atom stereocenters. The van der Waals surface area contributed by atoms with Gasteiger partial charge < -0.3 is 15.5 Å². The Balaban J connectivity index is 1.13. The number of piperazine rings is 1. The first-order chi connectivity index (χ1) is 20.0. The molecule has 11 heteroatoms. The molecule has 1 amide bonds. The summed E-state index contributed by atoms with van der Waals surface area (Å²) in [4.78, 5) is 26.9. The van der Waals surface area contributed by atoms with E-state index >= 15 is 0 Å². The predicted molar refractivity (Wildman–Crippen MR) is 154 cm³/mol. The normalized spacial score (nSPS) is 16.1. The van der Waals surface area contributed by atoms with Gasteiger partial charge in [-0.1, -0.05) is 6.07 Å². The summed E-state index contributed by atoms with van der Waals surface area (Å²) in [6.07, 6.45) is 10.9. The van der Waals surface area contributed by atoms with Crippen molar-refractivity contribution in [3.63, 3.8) is 0 Å². The van der Waals surface area contributed by atoms with Crippen LogP contribution in [0.4, 0.5) is 11.6 Å². The molecule has 204 valence electrons. The molecule has 1 aliphatic heterocycles. The molecule has 0 unspecified atom stereocenters. The number of nitrogens with two attached hydrogens (primary N) is 1. The van der Waals surface area contributed by atoms with E-state index in [1.807, 2.05) is 66.9 Å². The van der Waals surface area contributed by atoms with E-state index in [0.29, 0.717) is 37.3 Å². The summed E-state index contributed by atoms with van der Waals surface area (Å²) in [5, 5.41) is 18.5. The Hall–Kier alpha value is -5.24. The lowest BCUT2D eigenvalue weighted by atomic mass is 9.99. The Kier molecular flexibility index (Phi) is 5.71. The number of hydrogen-bond acceptors (Lipinski definition) is 8. The van der Waals surface area contributed by atoms with E-state index < -0.39 is 5.41 Å². The van der Waals surface area contributed by atoms with E-state index in [9.17, 15) is 10.1 Å². The number of hydrogen-bond donors (Lipinski definition) is 1. The molecule has 0 bridgehead atoms. The number of carbonyl (C=O) groups excluding carboxylic acids is 1. The average molecular weight is 545 g/mol. The van der Waals surface area contributed by atoms with Gasteiger partial charge in [0.25, 0.3) is 0 Å². The van der Waals surface area contributed by atoms with E-state index in [1.54, 1.807) is 21.6 Å². The number of rotatable bonds is 5. The van der Waals surface area contributed by atoms with Crippen molar-refractivity contribution in [3.8, 4) is 28.3 Å². The highest BCUT2D eigenvalue weighted by Gasteiger charge is 2.54. The summed E-state index contributed by atoms with van der Waals surface area (Å²) in [7, 11) is 1.87. The van der Waals surface area contributed by atoms with Crippen LogP contribution in [0.25, 0.3) is 27.8 Å². The fourth-order valence-corrected chi connectivity index (χ4v) is 5.78. The number of fused-ring (bicyclic) bond motifs is 1. The summed E-state index contributed by atoms with van der Waals surface area (Å²) in [6, 6.07) is 14.0. The van der Waals surface area contributed by atoms with Crippen LogP contribution in [0.2, 0.25) is 0 Å². The van der Waals surface area contributed by atoms with Crippen LogP contribution in [0.15, 0.2) is 67.4 Å². The van der Waals surface area contributed by atoms with Crippen LogP contribution in [0.1, 0.15) is 24.1 Å². The molecule has 6 heterocycles. The number of nitrogen functional groups attached to an aromatic ring is 1. The van der Waals surface area contributed by atoms with Crippen LogP contribution in [0.3, 0.4) is 0 Å². The molecular formula is C30H28N10O. The van der Waals surface area contributed by atoms with Crippen molar-refractivity contribution in [1.82, 2.24) is 34.3 Å². The predicted octanol–water partition coefficient (Wildman–Crippen LogP) is 3.03. The molecule has 5 aromatic heterocycles. The number of aryl methyl sites for hydroxylation is 1. The average Bonchev–Trinajstić information content (AvgIpc) is 3.60. The standard InChI is InChI=1S/C30H28N10O/c1-37-18-22(17-35-37)21-14-23(27-24(15-31)28(32)36-40(27)19-21)20-5-6-26(34-16-20)38-10-12-39(13-11-38)29(41)30(7-8-30)25-4-2-3-9-33-25/h2-6,9,14,16-19H,7-8,10-13H2,1H3,(H2,32,36). The van der Waals surface area contributed by atoms with Crippen molar-refractivity contribution in [3.05, 3.63) is 78.6 Å². The van der Waals surface area contributed by atoms with Gasteiger partial charge in [-0.2, -0.15) is 10.4 Å². The first-order valence-corrected chi connectivity index (χ1v) is 13.6. The maximum absolute atomic E-state index is 13.4. The van der Waals surface area contributed by atoms with Gasteiger partial charge in [0.05, 0.1) is 22.8 Å². The Labute approximate surface area is 236 Å². The third-order valence-corrected chi connectivity index (χ3v) is 8.17. The number of anilines is 2. The lowest BCUT2D eigenvalue weighted by molar-refractivity contribution is -0.134. The molecule has 2 fully saturated rings. The minimum absolute atomic E-state index is 0.185. The molecule has 5 aromatic rings. The number of aromatic nitrogens is 6. The van der Waals surface area contributed by atoms with E-state index in [-0.39, 0.29) is 11.7 Å². The molecule has 41 heavy (non-hydrogen) atoms. The van der Waals surface area contributed by atoms with Crippen LogP contribution < -0.4 is 10.6 Å². The van der Waals surface area contributed by atoms with Crippen molar-refractivity contribution in [1.29, 1.82) is 5.26 Å². The molecule has 7 rings (SSSR count). The number of nitriles is 1. The Morgan fingerprint density at radius 3 is 2.46 bits per heavy atom. The van der Waals surface area contributed by atoms with Crippen LogP contribution in [-0.4, -0.2) is 66.3 Å². The number of nitrogens with zero attached hydrogens (tertiary/aromatic N) is 9. The van der Waals surface area contributed by atoms with Crippen molar-refractivity contribution in [2.24, 2.45) is 7.05 Å². The van der Waals surface area contributed by atoms with Gasteiger partial charge in [0.15, 0.2) is 5.82 Å². The van der Waals surface area contributed by atoms with Crippen molar-refractivity contribution < 1.29 is 4.79 Å². The molecule has 1 saturated carbocycles. The second-order valence-electron chi connectivity index (χ2n) is 10.7. The van der Waals surface area contributed by atoms with Gasteiger partial charge >= 0.3 is 0 Å². The van der Waals surface area contributed by atoms with E-state index in [2.05, 4.69) is 26.2 Å². The van der Waals surface area contributed by atoms with E-state index in [4.69, 9.17) is 10.7 Å². The van der Waals surface area contributed by atoms with Crippen LogP contribution >= 0.6 is 0 Å². The van der Waals surface area contributed by atoms with Gasteiger partial charge in [0, 0.05) is 80.3 Å². The zero-order valence-electron chi connectivity index (χ0n) is 22.6. The zero-order valence-corrected chi connectivity index (χ0v) is 22.6. The Bertz CT molecular complexity index is 1800. The Morgan fingerprint density at radius 1 is 1.00 bits per heavy atom. The SMILES string of the molecule is Cn1cc(-c2cc(-c3ccc(N4CCN(C(=O)C5(c6ccccn6)CC5)CC4)nc3)c3c(C#N)c(N)nn3c2)cn1. The van der Waals surface area contributed by atoms with Gasteiger partial charge in [0.2, 0.25) is 5.91 Å². The monoisotopic (exact) mass is 544 g/mol. The second kappa shape index (κ2) is 9.45. The molecule has 1 saturated heterocycles. The van der Waals surface area contributed by atoms with E-state index in [0.717, 1.165) is 46.6 Å². The highest BCUT2D eigenvalue weighted by Crippen LogP contribution is 2.48. The van der Waals surface area contributed by atoms with Crippen molar-refractivity contribution >= 4 is 23.1 Å². The highest BCUT2D eigenvalue weighted by atomic mass is 16.2. The summed E-state index contributed by atoms with van der Waals surface area (Å²) in [6.45, 7) is 2.69. The van der Waals surface area contributed by atoms with Crippen LogP contribution in [0.5, 0.6) is 0 Å². The summed E-state index contributed by atoms with van der Waals surface area (Å²) < 4.78 is 3.40.